The lowest BCUT2D eigenvalue weighted by molar-refractivity contribution is -0.122. The van der Waals surface area contributed by atoms with Crippen LogP contribution in [-0.4, -0.2) is 17.7 Å². The molecule has 0 bridgehead atoms. The third-order valence-corrected chi connectivity index (χ3v) is 4.29. The Morgan fingerprint density at radius 1 is 0.880 bits per heavy atom. The van der Waals surface area contributed by atoms with E-state index in [1.54, 1.807) is 18.2 Å². The van der Waals surface area contributed by atoms with Crippen molar-refractivity contribution in [2.45, 2.75) is 46.1 Å². The highest BCUT2D eigenvalue weighted by atomic mass is 16.2. The quantitative estimate of drug-likeness (QED) is 0.752. The van der Waals surface area contributed by atoms with E-state index in [9.17, 15) is 9.59 Å². The van der Waals surface area contributed by atoms with Gasteiger partial charge in [-0.2, -0.15) is 0 Å². The molecule has 1 amide bonds. The fourth-order valence-electron chi connectivity index (χ4n) is 2.99. The molecule has 0 unspecified atom stereocenters. The van der Waals surface area contributed by atoms with Crippen LogP contribution in [0.1, 0.15) is 61.5 Å². The molecule has 0 saturated carbocycles. The molecule has 1 N–H and O–H groups in total. The van der Waals surface area contributed by atoms with Crippen LogP contribution in [-0.2, 0) is 4.79 Å². The van der Waals surface area contributed by atoms with E-state index < -0.39 is 0 Å². The van der Waals surface area contributed by atoms with Gasteiger partial charge in [-0.3, -0.25) is 9.59 Å². The van der Waals surface area contributed by atoms with Crippen LogP contribution in [0.25, 0.3) is 0 Å². The molecule has 0 spiro atoms. The topological polar surface area (TPSA) is 46.2 Å². The Morgan fingerprint density at radius 2 is 1.52 bits per heavy atom. The molecule has 132 valence electrons. The molecule has 0 radical (unpaired) electrons. The van der Waals surface area contributed by atoms with Crippen molar-refractivity contribution in [3.63, 3.8) is 0 Å². The maximum atomic E-state index is 12.6. The second-order valence-electron chi connectivity index (χ2n) is 7.08. The molecule has 3 heteroatoms. The molecule has 0 aliphatic rings. The van der Waals surface area contributed by atoms with E-state index in [1.807, 2.05) is 50.2 Å². The summed E-state index contributed by atoms with van der Waals surface area (Å²) >= 11 is 0. The number of amides is 1. The second kappa shape index (κ2) is 8.61. The van der Waals surface area contributed by atoms with Crippen LogP contribution >= 0.6 is 0 Å². The van der Waals surface area contributed by atoms with Crippen molar-refractivity contribution in [3.8, 4) is 0 Å². The van der Waals surface area contributed by atoms with Gasteiger partial charge in [0.25, 0.3) is 0 Å². The number of nitrogens with one attached hydrogen (secondary N) is 1. The summed E-state index contributed by atoms with van der Waals surface area (Å²) in [6.45, 7) is 8.19. The van der Waals surface area contributed by atoms with Crippen LogP contribution in [0, 0.1) is 5.92 Å². The standard InChI is InChI=1S/C22H27NO2/c1-15(2)13-16(3)23-22(25)17(4)19-11-8-12-20(14-19)21(24)18-9-6-5-7-10-18/h5-12,14-17H,13H2,1-4H3,(H,23,25)/t16-,17+/m0/s1. The molecule has 0 fully saturated rings. The minimum atomic E-state index is -0.293. The van der Waals surface area contributed by atoms with Gasteiger partial charge in [0.05, 0.1) is 5.92 Å². The summed E-state index contributed by atoms with van der Waals surface area (Å²) in [5, 5.41) is 3.07. The molecule has 0 aliphatic heterocycles. The molecule has 0 aliphatic carbocycles. The summed E-state index contributed by atoms with van der Waals surface area (Å²) in [4.78, 5) is 25.1. The van der Waals surface area contributed by atoms with E-state index in [2.05, 4.69) is 19.2 Å². The van der Waals surface area contributed by atoms with E-state index >= 15 is 0 Å². The molecular weight excluding hydrogens is 310 g/mol. The van der Waals surface area contributed by atoms with Gasteiger partial charge in [-0.15, -0.1) is 0 Å². The zero-order valence-electron chi connectivity index (χ0n) is 15.5. The number of rotatable bonds is 7. The van der Waals surface area contributed by atoms with Crippen molar-refractivity contribution in [1.29, 1.82) is 0 Å². The lowest BCUT2D eigenvalue weighted by Crippen LogP contribution is -2.36. The van der Waals surface area contributed by atoms with Gasteiger partial charge in [0.2, 0.25) is 5.91 Å². The normalized spacial score (nSPS) is 13.3. The molecular formula is C22H27NO2. The molecule has 2 atom stereocenters. The summed E-state index contributed by atoms with van der Waals surface area (Å²) in [5.41, 5.74) is 2.12. The van der Waals surface area contributed by atoms with Crippen LogP contribution in [0.15, 0.2) is 54.6 Å². The molecule has 2 aromatic carbocycles. The maximum absolute atomic E-state index is 12.6. The van der Waals surface area contributed by atoms with Crippen molar-refractivity contribution in [1.82, 2.24) is 5.32 Å². The Bertz CT molecular complexity index is 722. The first kappa shape index (κ1) is 18.9. The summed E-state index contributed by atoms with van der Waals surface area (Å²) in [6.07, 6.45) is 0.949. The Balaban J connectivity index is 2.12. The molecule has 0 saturated heterocycles. The summed E-state index contributed by atoms with van der Waals surface area (Å²) < 4.78 is 0. The van der Waals surface area contributed by atoms with Crippen molar-refractivity contribution in [3.05, 3.63) is 71.3 Å². The molecule has 3 nitrogen and oxygen atoms in total. The van der Waals surface area contributed by atoms with Crippen LogP contribution < -0.4 is 5.32 Å². The van der Waals surface area contributed by atoms with Crippen LogP contribution in [0.4, 0.5) is 0 Å². The molecule has 0 heterocycles. The third-order valence-electron chi connectivity index (χ3n) is 4.29. The van der Waals surface area contributed by atoms with Gasteiger partial charge in [0.15, 0.2) is 5.78 Å². The maximum Gasteiger partial charge on any atom is 0.227 e. The highest BCUT2D eigenvalue weighted by molar-refractivity contribution is 6.09. The fourth-order valence-corrected chi connectivity index (χ4v) is 2.99. The average Bonchev–Trinajstić information content (AvgIpc) is 2.60. The number of carbonyl (C=O) groups excluding carboxylic acids is 2. The summed E-state index contributed by atoms with van der Waals surface area (Å²) in [7, 11) is 0. The monoisotopic (exact) mass is 337 g/mol. The number of hydrogen-bond donors (Lipinski definition) is 1. The van der Waals surface area contributed by atoms with E-state index in [-0.39, 0.29) is 23.7 Å². The van der Waals surface area contributed by atoms with Gasteiger partial charge < -0.3 is 5.32 Å². The van der Waals surface area contributed by atoms with E-state index in [0.29, 0.717) is 17.0 Å². The number of carbonyl (C=O) groups is 2. The highest BCUT2D eigenvalue weighted by Crippen LogP contribution is 2.19. The Kier molecular flexibility index (Phi) is 6.51. The zero-order valence-corrected chi connectivity index (χ0v) is 15.5. The van der Waals surface area contributed by atoms with Gasteiger partial charge >= 0.3 is 0 Å². The SMILES string of the molecule is CC(C)C[C@H](C)NC(=O)[C@H](C)c1cccc(C(=O)c2ccccc2)c1. The van der Waals surface area contributed by atoms with Crippen LogP contribution in [0.5, 0.6) is 0 Å². The summed E-state index contributed by atoms with van der Waals surface area (Å²) in [5.74, 6) is 0.219. The van der Waals surface area contributed by atoms with E-state index in [1.165, 1.54) is 0 Å². The first-order valence-corrected chi connectivity index (χ1v) is 8.88. The Hall–Kier alpha value is -2.42. The smallest absolute Gasteiger partial charge is 0.227 e. The van der Waals surface area contributed by atoms with Crippen molar-refractivity contribution in [2.24, 2.45) is 5.92 Å². The predicted octanol–water partition coefficient (Wildman–Crippen LogP) is 4.57. The molecule has 2 rings (SSSR count). The highest BCUT2D eigenvalue weighted by Gasteiger charge is 2.19. The zero-order chi connectivity index (χ0) is 18.4. The van der Waals surface area contributed by atoms with Crippen LogP contribution in [0.3, 0.4) is 0 Å². The third kappa shape index (κ3) is 5.28. The largest absolute Gasteiger partial charge is 0.353 e. The predicted molar refractivity (Wildman–Crippen MR) is 102 cm³/mol. The van der Waals surface area contributed by atoms with Crippen molar-refractivity contribution < 1.29 is 9.59 Å². The summed E-state index contributed by atoms with van der Waals surface area (Å²) in [6, 6.07) is 16.7. The molecule has 0 aromatic heterocycles. The van der Waals surface area contributed by atoms with E-state index in [0.717, 1.165) is 12.0 Å². The van der Waals surface area contributed by atoms with Crippen molar-refractivity contribution >= 4 is 11.7 Å². The first-order valence-electron chi connectivity index (χ1n) is 8.88. The number of ketones is 1. The van der Waals surface area contributed by atoms with Gasteiger partial charge in [-0.05, 0) is 37.8 Å². The first-order chi connectivity index (χ1) is 11.9. The lowest BCUT2D eigenvalue weighted by Gasteiger charge is -2.19. The van der Waals surface area contributed by atoms with Crippen LogP contribution in [0.2, 0.25) is 0 Å². The van der Waals surface area contributed by atoms with Crippen molar-refractivity contribution in [2.75, 3.05) is 0 Å². The minimum absolute atomic E-state index is 0.00235. The molecule has 2 aromatic rings. The Labute approximate surface area is 150 Å². The fraction of sp³-hybridized carbons (Fsp3) is 0.364. The lowest BCUT2D eigenvalue weighted by atomic mass is 9.94. The van der Waals surface area contributed by atoms with E-state index in [4.69, 9.17) is 0 Å². The van der Waals surface area contributed by atoms with Gasteiger partial charge in [0, 0.05) is 17.2 Å². The van der Waals surface area contributed by atoms with Gasteiger partial charge in [-0.25, -0.2) is 0 Å². The minimum Gasteiger partial charge on any atom is -0.353 e. The second-order valence-corrected chi connectivity index (χ2v) is 7.08. The number of benzene rings is 2. The Morgan fingerprint density at radius 3 is 2.16 bits per heavy atom. The molecule has 25 heavy (non-hydrogen) atoms. The number of hydrogen-bond acceptors (Lipinski definition) is 2. The van der Waals surface area contributed by atoms with Gasteiger partial charge in [0.1, 0.15) is 0 Å². The van der Waals surface area contributed by atoms with Gasteiger partial charge in [-0.1, -0.05) is 62.4 Å². The average molecular weight is 337 g/mol.